The standard InChI is InChI=1S/C23H20N2O4S/c26-23(27)21(16-25-15-14-19-8-4-5-9-22(19)25)24-30(28,29)20-12-10-18(11-13-20)17-6-2-1-3-7-17/h1-15,21,24H,16H2,(H,26,27). The van der Waals surface area contributed by atoms with Crippen molar-refractivity contribution in [2.75, 3.05) is 0 Å². The van der Waals surface area contributed by atoms with Gasteiger partial charge in [-0.25, -0.2) is 8.42 Å². The topological polar surface area (TPSA) is 88.4 Å². The average Bonchev–Trinajstić information content (AvgIpc) is 3.17. The van der Waals surface area contributed by atoms with E-state index < -0.39 is 22.0 Å². The van der Waals surface area contributed by atoms with Crippen LogP contribution in [0.4, 0.5) is 0 Å². The van der Waals surface area contributed by atoms with Crippen LogP contribution in [-0.2, 0) is 21.4 Å². The van der Waals surface area contributed by atoms with E-state index in [1.807, 2.05) is 60.7 Å². The maximum Gasteiger partial charge on any atom is 0.323 e. The molecular formula is C23H20N2O4S. The van der Waals surface area contributed by atoms with Gasteiger partial charge in [0.25, 0.3) is 0 Å². The van der Waals surface area contributed by atoms with Crippen molar-refractivity contribution < 1.29 is 18.3 Å². The van der Waals surface area contributed by atoms with Crippen LogP contribution in [0.3, 0.4) is 0 Å². The molecule has 0 aliphatic rings. The predicted molar refractivity (Wildman–Crippen MR) is 116 cm³/mol. The lowest BCUT2D eigenvalue weighted by atomic mass is 10.1. The van der Waals surface area contributed by atoms with Crippen LogP contribution in [0.1, 0.15) is 0 Å². The number of carbonyl (C=O) groups is 1. The molecule has 4 aromatic rings. The maximum absolute atomic E-state index is 12.8. The highest BCUT2D eigenvalue weighted by Crippen LogP contribution is 2.21. The number of carboxylic acid groups (broad SMARTS) is 1. The number of rotatable bonds is 7. The van der Waals surface area contributed by atoms with E-state index in [9.17, 15) is 18.3 Å². The van der Waals surface area contributed by atoms with Crippen LogP contribution in [0.15, 0.2) is 96.0 Å². The Morgan fingerprint density at radius 3 is 2.20 bits per heavy atom. The molecule has 1 atom stereocenters. The van der Waals surface area contributed by atoms with E-state index in [1.165, 1.54) is 12.1 Å². The Morgan fingerprint density at radius 2 is 1.50 bits per heavy atom. The summed E-state index contributed by atoms with van der Waals surface area (Å²) >= 11 is 0. The molecule has 1 heterocycles. The third kappa shape index (κ3) is 4.12. The molecular weight excluding hydrogens is 400 g/mol. The van der Waals surface area contributed by atoms with Crippen LogP contribution in [0.2, 0.25) is 0 Å². The first-order valence-corrected chi connectivity index (χ1v) is 10.9. The lowest BCUT2D eigenvalue weighted by molar-refractivity contribution is -0.139. The lowest BCUT2D eigenvalue weighted by Gasteiger charge is -2.16. The number of hydrogen-bond donors (Lipinski definition) is 2. The fourth-order valence-corrected chi connectivity index (χ4v) is 4.56. The normalized spacial score (nSPS) is 12.7. The van der Waals surface area contributed by atoms with Gasteiger partial charge in [-0.05, 0) is 40.8 Å². The van der Waals surface area contributed by atoms with E-state index in [0.717, 1.165) is 22.0 Å². The molecule has 2 N–H and O–H groups in total. The third-order valence-corrected chi connectivity index (χ3v) is 6.41. The number of carboxylic acids is 1. The molecule has 3 aromatic carbocycles. The lowest BCUT2D eigenvalue weighted by Crippen LogP contribution is -2.43. The highest BCUT2D eigenvalue weighted by molar-refractivity contribution is 7.89. The van der Waals surface area contributed by atoms with Gasteiger partial charge in [-0.1, -0.05) is 60.7 Å². The summed E-state index contributed by atoms with van der Waals surface area (Å²) in [5, 5.41) is 10.6. The first-order chi connectivity index (χ1) is 14.4. The van der Waals surface area contributed by atoms with E-state index in [4.69, 9.17) is 0 Å². The zero-order valence-electron chi connectivity index (χ0n) is 16.0. The molecule has 0 saturated carbocycles. The van der Waals surface area contributed by atoms with Gasteiger partial charge in [-0.2, -0.15) is 4.72 Å². The Kier molecular flexibility index (Phi) is 5.39. The molecule has 0 aliphatic carbocycles. The van der Waals surface area contributed by atoms with Gasteiger partial charge in [-0.15, -0.1) is 0 Å². The minimum absolute atomic E-state index is 0.0193. The number of para-hydroxylation sites is 1. The molecule has 0 saturated heterocycles. The second-order valence-corrected chi connectivity index (χ2v) is 8.64. The number of sulfonamides is 1. The van der Waals surface area contributed by atoms with Crippen molar-refractivity contribution in [2.45, 2.75) is 17.5 Å². The van der Waals surface area contributed by atoms with Crippen molar-refractivity contribution >= 4 is 26.9 Å². The Labute approximate surface area is 174 Å². The van der Waals surface area contributed by atoms with Crippen molar-refractivity contribution in [3.63, 3.8) is 0 Å². The molecule has 152 valence electrons. The molecule has 6 nitrogen and oxygen atoms in total. The minimum atomic E-state index is -4.00. The van der Waals surface area contributed by atoms with Crippen molar-refractivity contribution in [3.05, 3.63) is 91.1 Å². The zero-order chi connectivity index (χ0) is 21.1. The van der Waals surface area contributed by atoms with Gasteiger partial charge < -0.3 is 9.67 Å². The molecule has 0 spiro atoms. The predicted octanol–water partition coefficient (Wildman–Crippen LogP) is 3.74. The highest BCUT2D eigenvalue weighted by Gasteiger charge is 2.26. The number of nitrogens with zero attached hydrogens (tertiary/aromatic N) is 1. The van der Waals surface area contributed by atoms with Crippen molar-refractivity contribution in [3.8, 4) is 11.1 Å². The van der Waals surface area contributed by atoms with E-state index in [1.54, 1.807) is 22.9 Å². The summed E-state index contributed by atoms with van der Waals surface area (Å²) in [5.41, 5.74) is 2.69. The van der Waals surface area contributed by atoms with E-state index in [0.29, 0.717) is 0 Å². The molecule has 1 aromatic heterocycles. The quantitative estimate of drug-likeness (QED) is 0.477. The van der Waals surface area contributed by atoms with E-state index in [2.05, 4.69) is 4.72 Å². The van der Waals surface area contributed by atoms with Gasteiger partial charge in [0.2, 0.25) is 10.0 Å². The van der Waals surface area contributed by atoms with E-state index in [-0.39, 0.29) is 11.4 Å². The minimum Gasteiger partial charge on any atom is -0.480 e. The van der Waals surface area contributed by atoms with Crippen molar-refractivity contribution in [1.29, 1.82) is 0 Å². The Morgan fingerprint density at radius 1 is 0.867 bits per heavy atom. The first-order valence-electron chi connectivity index (χ1n) is 9.38. The van der Waals surface area contributed by atoms with Crippen LogP contribution in [0.25, 0.3) is 22.0 Å². The van der Waals surface area contributed by atoms with Crippen LogP contribution < -0.4 is 4.72 Å². The second-order valence-electron chi connectivity index (χ2n) is 6.93. The highest BCUT2D eigenvalue weighted by atomic mass is 32.2. The number of hydrogen-bond acceptors (Lipinski definition) is 3. The van der Waals surface area contributed by atoms with Crippen LogP contribution in [-0.4, -0.2) is 30.1 Å². The number of benzene rings is 3. The van der Waals surface area contributed by atoms with Gasteiger partial charge in [0.15, 0.2) is 0 Å². The summed E-state index contributed by atoms with van der Waals surface area (Å²) in [6.07, 6.45) is 1.75. The molecule has 0 amide bonds. The largest absolute Gasteiger partial charge is 0.480 e. The number of aliphatic carboxylic acids is 1. The molecule has 7 heteroatoms. The summed E-state index contributed by atoms with van der Waals surface area (Å²) in [7, 11) is -4.00. The SMILES string of the molecule is O=C(O)C(Cn1ccc2ccccc21)NS(=O)(=O)c1ccc(-c2ccccc2)cc1. The van der Waals surface area contributed by atoms with Crippen molar-refractivity contribution in [1.82, 2.24) is 9.29 Å². The maximum atomic E-state index is 12.8. The molecule has 30 heavy (non-hydrogen) atoms. The van der Waals surface area contributed by atoms with Gasteiger partial charge in [0.05, 0.1) is 4.90 Å². The van der Waals surface area contributed by atoms with Gasteiger partial charge >= 0.3 is 5.97 Å². The van der Waals surface area contributed by atoms with E-state index >= 15 is 0 Å². The smallest absolute Gasteiger partial charge is 0.323 e. The van der Waals surface area contributed by atoms with Gasteiger partial charge in [-0.3, -0.25) is 4.79 Å². The second kappa shape index (κ2) is 8.14. The number of fused-ring (bicyclic) bond motifs is 1. The van der Waals surface area contributed by atoms with Gasteiger partial charge in [0.1, 0.15) is 6.04 Å². The fraction of sp³-hybridized carbons (Fsp3) is 0.0870. The number of aromatic nitrogens is 1. The Balaban J connectivity index is 1.56. The summed E-state index contributed by atoms with van der Waals surface area (Å²) < 4.78 is 29.7. The fourth-order valence-electron chi connectivity index (χ4n) is 3.37. The molecule has 1 unspecified atom stereocenters. The average molecular weight is 420 g/mol. The molecule has 0 bridgehead atoms. The first kappa shape index (κ1) is 19.9. The van der Waals surface area contributed by atoms with Crippen molar-refractivity contribution in [2.24, 2.45) is 0 Å². The molecule has 0 radical (unpaired) electrons. The summed E-state index contributed by atoms with van der Waals surface area (Å²) in [5.74, 6) is -1.24. The summed E-state index contributed by atoms with van der Waals surface area (Å²) in [4.78, 5) is 11.8. The number of nitrogens with one attached hydrogen (secondary N) is 1. The Hall–Kier alpha value is -3.42. The van der Waals surface area contributed by atoms with Crippen LogP contribution >= 0.6 is 0 Å². The third-order valence-electron chi connectivity index (χ3n) is 4.93. The molecule has 0 fully saturated rings. The zero-order valence-corrected chi connectivity index (χ0v) is 16.8. The summed E-state index contributed by atoms with van der Waals surface area (Å²) in [6, 6.07) is 24.1. The van der Waals surface area contributed by atoms with Crippen LogP contribution in [0.5, 0.6) is 0 Å². The van der Waals surface area contributed by atoms with Crippen LogP contribution in [0, 0.1) is 0 Å². The molecule has 4 rings (SSSR count). The summed E-state index contributed by atoms with van der Waals surface area (Å²) in [6.45, 7) is -0.0236. The van der Waals surface area contributed by atoms with Gasteiger partial charge in [0, 0.05) is 18.3 Å². The Bertz CT molecular complexity index is 1280. The monoisotopic (exact) mass is 420 g/mol. The molecule has 0 aliphatic heterocycles.